The van der Waals surface area contributed by atoms with Gasteiger partial charge in [-0.2, -0.15) is 0 Å². The summed E-state index contributed by atoms with van der Waals surface area (Å²) < 4.78 is 0.886. The van der Waals surface area contributed by atoms with Gasteiger partial charge in [0.25, 0.3) is 0 Å². The number of nitrogens with two attached hydrogens (primary N) is 1. The minimum atomic E-state index is 0.179. The van der Waals surface area contributed by atoms with Gasteiger partial charge in [0, 0.05) is 10.9 Å². The number of rotatable bonds is 7. The maximum atomic E-state index is 6.14. The first-order chi connectivity index (χ1) is 7.65. The van der Waals surface area contributed by atoms with Crippen LogP contribution in [0.1, 0.15) is 61.9 Å². The van der Waals surface area contributed by atoms with Gasteiger partial charge in [0.2, 0.25) is 0 Å². The number of halogens is 1. The van der Waals surface area contributed by atoms with E-state index in [9.17, 15) is 0 Å². The van der Waals surface area contributed by atoms with Gasteiger partial charge in [0.1, 0.15) is 0 Å². The molecule has 16 heavy (non-hydrogen) atoms. The lowest BCUT2D eigenvalue weighted by Gasteiger charge is -2.08. The highest BCUT2D eigenvalue weighted by atomic mass is 35.5. The van der Waals surface area contributed by atoms with E-state index < -0.39 is 0 Å². The number of hydrogen-bond donors (Lipinski definition) is 1. The average molecular weight is 260 g/mol. The lowest BCUT2D eigenvalue weighted by molar-refractivity contribution is 0.559. The summed E-state index contributed by atoms with van der Waals surface area (Å²) in [6.07, 6.45) is 7.60. The highest BCUT2D eigenvalue weighted by molar-refractivity contribution is 7.16. The number of thiophene rings is 1. The first-order valence-corrected chi connectivity index (χ1v) is 7.36. The first kappa shape index (κ1) is 14.0. The molecule has 1 rings (SSSR count). The van der Waals surface area contributed by atoms with Crippen LogP contribution in [0.3, 0.4) is 0 Å². The molecule has 0 saturated heterocycles. The lowest BCUT2D eigenvalue weighted by atomic mass is 10.1. The Bertz CT molecular complexity index is 289. The molecule has 1 aromatic heterocycles. The number of unbranched alkanes of at least 4 members (excludes halogenated alkanes) is 4. The van der Waals surface area contributed by atoms with Gasteiger partial charge in [0.05, 0.1) is 4.34 Å². The van der Waals surface area contributed by atoms with Gasteiger partial charge in [-0.15, -0.1) is 11.3 Å². The van der Waals surface area contributed by atoms with Crippen LogP contribution >= 0.6 is 22.9 Å². The van der Waals surface area contributed by atoms with Crippen molar-refractivity contribution in [3.63, 3.8) is 0 Å². The van der Waals surface area contributed by atoms with Crippen LogP contribution in [0.2, 0.25) is 4.34 Å². The van der Waals surface area contributed by atoms with E-state index in [1.807, 2.05) is 6.92 Å². The maximum Gasteiger partial charge on any atom is 0.0960 e. The smallest absolute Gasteiger partial charge is 0.0960 e. The van der Waals surface area contributed by atoms with E-state index in [4.69, 9.17) is 17.3 Å². The molecule has 0 aromatic carbocycles. The molecule has 1 nitrogen and oxygen atoms in total. The van der Waals surface area contributed by atoms with Gasteiger partial charge in [-0.1, -0.05) is 50.6 Å². The van der Waals surface area contributed by atoms with Gasteiger partial charge in [0.15, 0.2) is 0 Å². The molecule has 1 aromatic rings. The largest absolute Gasteiger partial charge is 0.323 e. The van der Waals surface area contributed by atoms with E-state index >= 15 is 0 Å². The maximum absolute atomic E-state index is 6.14. The Morgan fingerprint density at radius 3 is 2.56 bits per heavy atom. The number of hydrogen-bond acceptors (Lipinski definition) is 2. The Hall–Kier alpha value is -0.0500. The third-order valence-electron chi connectivity index (χ3n) is 2.86. The summed E-state index contributed by atoms with van der Waals surface area (Å²) in [5.74, 6) is 0. The monoisotopic (exact) mass is 259 g/mol. The second kappa shape index (κ2) is 7.31. The molecular formula is C13H22ClNS. The fraction of sp³-hybridized carbons (Fsp3) is 0.692. The molecule has 1 atom stereocenters. The van der Waals surface area contributed by atoms with Gasteiger partial charge in [-0.25, -0.2) is 0 Å². The fourth-order valence-electron chi connectivity index (χ4n) is 1.78. The van der Waals surface area contributed by atoms with E-state index in [1.54, 1.807) is 11.3 Å². The normalized spacial score (nSPS) is 13.0. The Morgan fingerprint density at radius 1 is 1.31 bits per heavy atom. The summed E-state index contributed by atoms with van der Waals surface area (Å²) in [5.41, 5.74) is 7.30. The van der Waals surface area contributed by atoms with Crippen molar-refractivity contribution in [2.75, 3.05) is 0 Å². The van der Waals surface area contributed by atoms with E-state index in [1.165, 1.54) is 37.0 Å². The quantitative estimate of drug-likeness (QED) is 0.680. The van der Waals surface area contributed by atoms with Crippen molar-refractivity contribution in [1.82, 2.24) is 0 Å². The van der Waals surface area contributed by atoms with Gasteiger partial charge >= 0.3 is 0 Å². The van der Waals surface area contributed by atoms with Crippen molar-refractivity contribution >= 4 is 22.9 Å². The molecular weight excluding hydrogens is 238 g/mol. The number of aryl methyl sites for hydroxylation is 1. The summed E-state index contributed by atoms with van der Waals surface area (Å²) >= 11 is 7.67. The first-order valence-electron chi connectivity index (χ1n) is 6.16. The Kier molecular flexibility index (Phi) is 6.40. The molecule has 0 aliphatic heterocycles. The van der Waals surface area contributed by atoms with Crippen molar-refractivity contribution in [3.05, 3.63) is 20.8 Å². The molecule has 2 N–H and O–H groups in total. The second-order valence-corrected chi connectivity index (χ2v) is 6.10. The summed E-state index contributed by atoms with van der Waals surface area (Å²) in [4.78, 5) is 1.23. The van der Waals surface area contributed by atoms with Gasteiger partial charge in [-0.3, -0.25) is 0 Å². The molecule has 0 fully saturated rings. The van der Waals surface area contributed by atoms with E-state index in [2.05, 4.69) is 13.0 Å². The van der Waals surface area contributed by atoms with Crippen LogP contribution in [0.4, 0.5) is 0 Å². The highest BCUT2D eigenvalue weighted by Crippen LogP contribution is 2.31. The minimum absolute atomic E-state index is 0.179. The van der Waals surface area contributed by atoms with Crippen molar-refractivity contribution in [3.8, 4) is 0 Å². The molecule has 0 aliphatic rings. The topological polar surface area (TPSA) is 26.0 Å². The summed E-state index contributed by atoms with van der Waals surface area (Å²) in [5, 5.41) is 0. The predicted molar refractivity (Wildman–Crippen MR) is 74.4 cm³/mol. The molecule has 0 amide bonds. The standard InChI is InChI=1S/C13H22ClNS/c1-3-4-5-6-7-8-11(15)12-9-10(2)13(14)16-12/h9,11H,3-8,15H2,1-2H3. The predicted octanol–water partition coefficient (Wildman–Crippen LogP) is 5.07. The summed E-state index contributed by atoms with van der Waals surface area (Å²) in [7, 11) is 0. The molecule has 0 spiro atoms. The van der Waals surface area contributed by atoms with Crippen molar-refractivity contribution < 1.29 is 0 Å². The van der Waals surface area contributed by atoms with Crippen molar-refractivity contribution in [2.24, 2.45) is 5.73 Å². The van der Waals surface area contributed by atoms with Crippen molar-refractivity contribution in [2.45, 2.75) is 58.4 Å². The minimum Gasteiger partial charge on any atom is -0.323 e. The Morgan fingerprint density at radius 2 is 2.00 bits per heavy atom. The molecule has 3 heteroatoms. The van der Waals surface area contributed by atoms with Crippen LogP contribution in [0.5, 0.6) is 0 Å². The van der Waals surface area contributed by atoms with Crippen LogP contribution in [0.25, 0.3) is 0 Å². The third kappa shape index (κ3) is 4.44. The fourth-order valence-corrected chi connectivity index (χ4v) is 3.03. The van der Waals surface area contributed by atoms with E-state index in [0.717, 1.165) is 16.3 Å². The molecule has 0 aliphatic carbocycles. The molecule has 0 radical (unpaired) electrons. The zero-order valence-electron chi connectivity index (χ0n) is 10.3. The molecule has 0 saturated carbocycles. The highest BCUT2D eigenvalue weighted by Gasteiger charge is 2.10. The average Bonchev–Trinajstić information content (AvgIpc) is 2.59. The lowest BCUT2D eigenvalue weighted by Crippen LogP contribution is -2.08. The Labute approximate surface area is 108 Å². The van der Waals surface area contributed by atoms with Crippen LogP contribution in [-0.4, -0.2) is 0 Å². The van der Waals surface area contributed by atoms with Crippen LogP contribution in [-0.2, 0) is 0 Å². The molecule has 92 valence electrons. The molecule has 1 unspecified atom stereocenters. The van der Waals surface area contributed by atoms with E-state index in [0.29, 0.717) is 0 Å². The summed E-state index contributed by atoms with van der Waals surface area (Å²) in [6, 6.07) is 2.31. The van der Waals surface area contributed by atoms with E-state index in [-0.39, 0.29) is 6.04 Å². The van der Waals surface area contributed by atoms with Crippen LogP contribution in [0, 0.1) is 6.92 Å². The zero-order chi connectivity index (χ0) is 12.0. The molecule has 0 bridgehead atoms. The van der Waals surface area contributed by atoms with Crippen molar-refractivity contribution in [1.29, 1.82) is 0 Å². The van der Waals surface area contributed by atoms with Gasteiger partial charge in [-0.05, 0) is 25.0 Å². The van der Waals surface area contributed by atoms with Crippen LogP contribution in [0.15, 0.2) is 6.07 Å². The third-order valence-corrected chi connectivity index (χ3v) is 4.55. The molecule has 1 heterocycles. The van der Waals surface area contributed by atoms with Crippen LogP contribution < -0.4 is 5.73 Å². The van der Waals surface area contributed by atoms with Gasteiger partial charge < -0.3 is 5.73 Å². The Balaban J connectivity index is 2.27. The SMILES string of the molecule is CCCCCCCC(N)c1cc(C)c(Cl)s1. The summed E-state index contributed by atoms with van der Waals surface area (Å²) in [6.45, 7) is 4.28. The zero-order valence-corrected chi connectivity index (χ0v) is 11.8. The second-order valence-electron chi connectivity index (χ2n) is 4.41.